The second kappa shape index (κ2) is 5.81. The predicted octanol–water partition coefficient (Wildman–Crippen LogP) is 0.764. The number of hydrogen-bond acceptors (Lipinski definition) is 5. The fourth-order valence-electron chi connectivity index (χ4n) is 2.12. The van der Waals surface area contributed by atoms with E-state index in [1.165, 1.54) is 0 Å². The van der Waals surface area contributed by atoms with Gasteiger partial charge in [-0.25, -0.2) is 13.1 Å². The first-order valence-corrected chi connectivity index (χ1v) is 7.56. The van der Waals surface area contributed by atoms with Crippen LogP contribution in [-0.4, -0.2) is 32.5 Å². The molecule has 1 aliphatic heterocycles. The molecule has 0 aromatic heterocycles. The SMILES string of the molecule is O=[N+]([O-])c1c(F)cccc1S(=O)(=O)N[C@@H]1CCCNC1. The van der Waals surface area contributed by atoms with Crippen LogP contribution in [0.25, 0.3) is 0 Å². The van der Waals surface area contributed by atoms with Gasteiger partial charge in [-0.3, -0.25) is 10.1 Å². The highest BCUT2D eigenvalue weighted by Gasteiger charge is 2.31. The third-order valence-electron chi connectivity index (χ3n) is 3.04. The molecule has 2 N–H and O–H groups in total. The Morgan fingerprint density at radius 2 is 2.20 bits per heavy atom. The molecule has 1 aromatic rings. The molecule has 0 bridgehead atoms. The lowest BCUT2D eigenvalue weighted by Gasteiger charge is -2.23. The quantitative estimate of drug-likeness (QED) is 0.632. The molecule has 9 heteroatoms. The van der Waals surface area contributed by atoms with Gasteiger partial charge in [-0.05, 0) is 31.5 Å². The van der Waals surface area contributed by atoms with E-state index < -0.39 is 31.3 Å². The Kier molecular flexibility index (Phi) is 4.31. The number of rotatable bonds is 4. The monoisotopic (exact) mass is 303 g/mol. The van der Waals surface area contributed by atoms with E-state index in [1.54, 1.807) is 0 Å². The van der Waals surface area contributed by atoms with Crippen LogP contribution in [0.2, 0.25) is 0 Å². The summed E-state index contributed by atoms with van der Waals surface area (Å²) in [5.74, 6) is -1.17. The van der Waals surface area contributed by atoms with E-state index in [4.69, 9.17) is 0 Å². The highest BCUT2D eigenvalue weighted by molar-refractivity contribution is 7.89. The van der Waals surface area contributed by atoms with Gasteiger partial charge >= 0.3 is 5.69 Å². The fraction of sp³-hybridized carbons (Fsp3) is 0.455. The molecule has 0 unspecified atom stereocenters. The molecule has 0 saturated carbocycles. The molecule has 1 atom stereocenters. The second-order valence-electron chi connectivity index (χ2n) is 4.51. The predicted molar refractivity (Wildman–Crippen MR) is 69.3 cm³/mol. The summed E-state index contributed by atoms with van der Waals surface area (Å²) in [5.41, 5.74) is -1.02. The number of benzene rings is 1. The Morgan fingerprint density at radius 1 is 1.45 bits per heavy atom. The molecular formula is C11H14FN3O4S. The Hall–Kier alpha value is -1.58. The number of para-hydroxylation sites is 1. The van der Waals surface area contributed by atoms with Gasteiger partial charge in [-0.1, -0.05) is 6.07 Å². The zero-order valence-corrected chi connectivity index (χ0v) is 11.3. The molecule has 110 valence electrons. The van der Waals surface area contributed by atoms with Gasteiger partial charge in [0.25, 0.3) is 0 Å². The fourth-order valence-corrected chi connectivity index (χ4v) is 3.58. The van der Waals surface area contributed by atoms with Crippen molar-refractivity contribution in [1.82, 2.24) is 10.0 Å². The van der Waals surface area contributed by atoms with Crippen LogP contribution in [0.4, 0.5) is 10.1 Å². The maximum Gasteiger partial charge on any atom is 0.324 e. The standard InChI is InChI=1S/C11H14FN3O4S/c12-9-4-1-5-10(11(9)15(16)17)20(18,19)14-8-3-2-6-13-7-8/h1,4-5,8,13-14H,2-3,6-7H2/t8-/m1/s1. The van der Waals surface area contributed by atoms with Crippen molar-refractivity contribution in [3.05, 3.63) is 34.1 Å². The smallest absolute Gasteiger partial charge is 0.315 e. The van der Waals surface area contributed by atoms with E-state index in [-0.39, 0.29) is 6.04 Å². The van der Waals surface area contributed by atoms with Gasteiger partial charge in [-0.2, -0.15) is 4.39 Å². The summed E-state index contributed by atoms with van der Waals surface area (Å²) in [4.78, 5) is 9.17. The summed E-state index contributed by atoms with van der Waals surface area (Å²) in [5, 5.41) is 13.9. The molecule has 0 amide bonds. The molecule has 1 heterocycles. The summed E-state index contributed by atoms with van der Waals surface area (Å²) in [6.45, 7) is 1.25. The Labute approximate surface area is 115 Å². The Balaban J connectivity index is 2.34. The molecular weight excluding hydrogens is 289 g/mol. The van der Waals surface area contributed by atoms with Crippen molar-refractivity contribution in [2.24, 2.45) is 0 Å². The van der Waals surface area contributed by atoms with E-state index >= 15 is 0 Å². The van der Waals surface area contributed by atoms with Crippen LogP contribution in [0, 0.1) is 15.9 Å². The van der Waals surface area contributed by atoms with Crippen LogP contribution in [0.15, 0.2) is 23.1 Å². The molecule has 1 aliphatic rings. The zero-order valence-electron chi connectivity index (χ0n) is 10.5. The van der Waals surface area contributed by atoms with Crippen molar-refractivity contribution in [1.29, 1.82) is 0 Å². The van der Waals surface area contributed by atoms with Crippen LogP contribution in [0.1, 0.15) is 12.8 Å². The summed E-state index contributed by atoms with van der Waals surface area (Å²) < 4.78 is 40.2. The zero-order chi connectivity index (χ0) is 14.8. The normalized spacial score (nSPS) is 19.8. The minimum Gasteiger partial charge on any atom is -0.315 e. The third kappa shape index (κ3) is 3.11. The average Bonchev–Trinajstić information content (AvgIpc) is 2.38. The first kappa shape index (κ1) is 14.8. The van der Waals surface area contributed by atoms with E-state index in [1.807, 2.05) is 0 Å². The van der Waals surface area contributed by atoms with Gasteiger partial charge in [-0.15, -0.1) is 0 Å². The maximum atomic E-state index is 13.5. The summed E-state index contributed by atoms with van der Waals surface area (Å²) >= 11 is 0. The number of nitro groups is 1. The lowest BCUT2D eigenvalue weighted by molar-refractivity contribution is -0.390. The molecule has 20 heavy (non-hydrogen) atoms. The van der Waals surface area contributed by atoms with Crippen LogP contribution >= 0.6 is 0 Å². The van der Waals surface area contributed by atoms with E-state index in [0.717, 1.165) is 31.2 Å². The summed E-state index contributed by atoms with van der Waals surface area (Å²) in [7, 11) is -4.13. The van der Waals surface area contributed by atoms with E-state index in [0.29, 0.717) is 13.0 Å². The van der Waals surface area contributed by atoms with Gasteiger partial charge in [0.2, 0.25) is 15.8 Å². The average molecular weight is 303 g/mol. The van der Waals surface area contributed by atoms with Crippen LogP contribution in [-0.2, 0) is 10.0 Å². The van der Waals surface area contributed by atoms with E-state index in [9.17, 15) is 22.9 Å². The maximum absolute atomic E-state index is 13.5. The molecule has 2 rings (SSSR count). The lowest BCUT2D eigenvalue weighted by Crippen LogP contribution is -2.45. The van der Waals surface area contributed by atoms with Gasteiger partial charge < -0.3 is 5.32 Å². The first-order valence-electron chi connectivity index (χ1n) is 6.08. The largest absolute Gasteiger partial charge is 0.324 e. The molecule has 1 aromatic carbocycles. The minimum atomic E-state index is -4.13. The summed E-state index contributed by atoms with van der Waals surface area (Å²) in [6, 6.07) is 2.67. The minimum absolute atomic E-state index is 0.350. The highest BCUT2D eigenvalue weighted by atomic mass is 32.2. The number of sulfonamides is 1. The number of nitro benzene ring substituents is 1. The van der Waals surface area contributed by atoms with Crippen molar-refractivity contribution in [2.75, 3.05) is 13.1 Å². The molecule has 1 fully saturated rings. The van der Waals surface area contributed by atoms with Crippen LogP contribution < -0.4 is 10.0 Å². The lowest BCUT2D eigenvalue weighted by atomic mass is 10.1. The van der Waals surface area contributed by atoms with Crippen molar-refractivity contribution in [3.8, 4) is 0 Å². The summed E-state index contributed by atoms with van der Waals surface area (Å²) in [6.07, 6.45) is 1.44. The van der Waals surface area contributed by atoms with Crippen molar-refractivity contribution < 1.29 is 17.7 Å². The first-order chi connectivity index (χ1) is 9.42. The second-order valence-corrected chi connectivity index (χ2v) is 6.19. The number of halogens is 1. The molecule has 0 aliphatic carbocycles. The number of nitrogens with one attached hydrogen (secondary N) is 2. The van der Waals surface area contributed by atoms with Crippen molar-refractivity contribution >= 4 is 15.7 Å². The molecule has 0 spiro atoms. The van der Waals surface area contributed by atoms with Gasteiger partial charge in [0.15, 0.2) is 4.90 Å². The number of nitrogens with zero attached hydrogens (tertiary/aromatic N) is 1. The Morgan fingerprint density at radius 3 is 2.80 bits per heavy atom. The number of piperidine rings is 1. The van der Waals surface area contributed by atoms with Gasteiger partial charge in [0.1, 0.15) is 0 Å². The highest BCUT2D eigenvalue weighted by Crippen LogP contribution is 2.26. The number of hydrogen-bond donors (Lipinski definition) is 2. The van der Waals surface area contributed by atoms with E-state index in [2.05, 4.69) is 10.0 Å². The molecule has 7 nitrogen and oxygen atoms in total. The molecule has 0 radical (unpaired) electrons. The topological polar surface area (TPSA) is 101 Å². The van der Waals surface area contributed by atoms with Crippen molar-refractivity contribution in [2.45, 2.75) is 23.8 Å². The van der Waals surface area contributed by atoms with Crippen LogP contribution in [0.5, 0.6) is 0 Å². The van der Waals surface area contributed by atoms with Gasteiger partial charge in [0.05, 0.1) is 4.92 Å². The van der Waals surface area contributed by atoms with Crippen LogP contribution in [0.3, 0.4) is 0 Å². The Bertz CT molecular complexity index is 614. The van der Waals surface area contributed by atoms with Gasteiger partial charge in [0, 0.05) is 12.6 Å². The third-order valence-corrected chi connectivity index (χ3v) is 4.59. The molecule has 1 saturated heterocycles. The van der Waals surface area contributed by atoms with Crippen molar-refractivity contribution in [3.63, 3.8) is 0 Å².